The van der Waals surface area contributed by atoms with Crippen LogP contribution in [0.5, 0.6) is 0 Å². The Morgan fingerprint density at radius 3 is 2.55 bits per heavy atom. The molecular weight excluding hydrogens is 384 g/mol. The molecule has 0 aliphatic carbocycles. The average Bonchev–Trinajstić information content (AvgIpc) is 2.77. The number of likely N-dealkylation sites (N-methyl/N-ethyl adjacent to an activating group) is 1. The average molecular weight is 417 g/mol. The predicted octanol–water partition coefficient (Wildman–Crippen LogP) is 3.63. The van der Waals surface area contributed by atoms with E-state index in [4.69, 9.17) is 4.74 Å². The number of methoxy groups -OCH3 is 1. The molecule has 3 rings (SSSR count). The van der Waals surface area contributed by atoms with Crippen molar-refractivity contribution in [2.75, 3.05) is 39.9 Å². The SMILES string of the molecule is CCC(COC)c1cccc(S(=O)(=O)c2ccc(C3CNCCN3CC)cc2)c1. The number of ether oxygens (including phenoxy) is 1. The Kier molecular flexibility index (Phi) is 7.46. The number of sulfone groups is 1. The highest BCUT2D eigenvalue weighted by Gasteiger charge is 2.24. The lowest BCUT2D eigenvalue weighted by atomic mass is 9.98. The van der Waals surface area contributed by atoms with Gasteiger partial charge in [0.25, 0.3) is 0 Å². The highest BCUT2D eigenvalue weighted by atomic mass is 32.2. The van der Waals surface area contributed by atoms with Crippen molar-refractivity contribution in [1.82, 2.24) is 10.2 Å². The van der Waals surface area contributed by atoms with E-state index in [1.807, 2.05) is 24.3 Å². The van der Waals surface area contributed by atoms with Crippen LogP contribution in [-0.2, 0) is 14.6 Å². The van der Waals surface area contributed by atoms with E-state index in [-0.39, 0.29) is 12.0 Å². The largest absolute Gasteiger partial charge is 0.384 e. The van der Waals surface area contributed by atoms with E-state index in [0.29, 0.717) is 16.4 Å². The highest BCUT2D eigenvalue weighted by molar-refractivity contribution is 7.91. The van der Waals surface area contributed by atoms with E-state index in [1.54, 1.807) is 31.4 Å². The second kappa shape index (κ2) is 9.85. The van der Waals surface area contributed by atoms with Crippen molar-refractivity contribution in [2.45, 2.75) is 42.0 Å². The van der Waals surface area contributed by atoms with Gasteiger partial charge in [0.05, 0.1) is 16.4 Å². The molecule has 0 radical (unpaired) electrons. The molecule has 0 aromatic heterocycles. The van der Waals surface area contributed by atoms with Crippen molar-refractivity contribution in [3.63, 3.8) is 0 Å². The van der Waals surface area contributed by atoms with Gasteiger partial charge in [0.1, 0.15) is 0 Å². The lowest BCUT2D eigenvalue weighted by molar-refractivity contribution is 0.171. The second-order valence-electron chi connectivity index (χ2n) is 7.55. The summed E-state index contributed by atoms with van der Waals surface area (Å²) in [7, 11) is -1.88. The van der Waals surface area contributed by atoms with E-state index in [9.17, 15) is 8.42 Å². The van der Waals surface area contributed by atoms with Gasteiger partial charge in [-0.25, -0.2) is 8.42 Å². The normalized spacial score (nSPS) is 19.2. The summed E-state index contributed by atoms with van der Waals surface area (Å²) in [5.74, 6) is 0.191. The third-order valence-corrected chi connectivity index (χ3v) is 7.60. The van der Waals surface area contributed by atoms with Crippen LogP contribution in [0.3, 0.4) is 0 Å². The Hall–Kier alpha value is -1.73. The molecule has 2 aromatic rings. The molecule has 0 bridgehead atoms. The molecule has 2 atom stereocenters. The zero-order chi connectivity index (χ0) is 20.9. The molecule has 1 heterocycles. The Bertz CT molecular complexity index is 897. The van der Waals surface area contributed by atoms with Crippen molar-refractivity contribution in [2.24, 2.45) is 0 Å². The van der Waals surface area contributed by atoms with Crippen molar-refractivity contribution >= 4 is 9.84 Å². The summed E-state index contributed by atoms with van der Waals surface area (Å²) in [6.45, 7) is 8.71. The summed E-state index contributed by atoms with van der Waals surface area (Å²) >= 11 is 0. The number of nitrogens with zero attached hydrogens (tertiary/aromatic N) is 1. The van der Waals surface area contributed by atoms with Crippen molar-refractivity contribution in [1.29, 1.82) is 0 Å². The number of piperazine rings is 1. The van der Waals surface area contributed by atoms with E-state index >= 15 is 0 Å². The highest BCUT2D eigenvalue weighted by Crippen LogP contribution is 2.28. The summed E-state index contributed by atoms with van der Waals surface area (Å²) in [6, 6.07) is 14.9. The Morgan fingerprint density at radius 1 is 1.14 bits per heavy atom. The molecule has 1 N–H and O–H groups in total. The molecule has 158 valence electrons. The van der Waals surface area contributed by atoms with Crippen LogP contribution in [0.4, 0.5) is 0 Å². The standard InChI is InChI=1S/C23H32N2O3S/c1-4-18(17-28-3)20-7-6-8-22(15-20)29(26,27)21-11-9-19(10-12-21)23-16-24-13-14-25(23)5-2/h6-12,15,18,23-24H,4-5,13-14,16-17H2,1-3H3. The minimum Gasteiger partial charge on any atom is -0.384 e. The second-order valence-corrected chi connectivity index (χ2v) is 9.50. The predicted molar refractivity (Wildman–Crippen MR) is 116 cm³/mol. The topological polar surface area (TPSA) is 58.6 Å². The molecule has 0 spiro atoms. The molecule has 0 amide bonds. The maximum absolute atomic E-state index is 13.2. The fourth-order valence-electron chi connectivity index (χ4n) is 4.05. The molecule has 2 unspecified atom stereocenters. The fraction of sp³-hybridized carbons (Fsp3) is 0.478. The summed E-state index contributed by atoms with van der Waals surface area (Å²) in [6.07, 6.45) is 0.898. The van der Waals surface area contributed by atoms with Crippen molar-refractivity contribution in [3.8, 4) is 0 Å². The van der Waals surface area contributed by atoms with Crippen LogP contribution >= 0.6 is 0 Å². The summed E-state index contributed by atoms with van der Waals surface area (Å²) in [5.41, 5.74) is 2.15. The van der Waals surface area contributed by atoms with E-state index in [2.05, 4.69) is 24.1 Å². The Balaban J connectivity index is 1.86. The minimum atomic E-state index is -3.55. The van der Waals surface area contributed by atoms with Crippen LogP contribution < -0.4 is 5.32 Å². The van der Waals surface area contributed by atoms with Gasteiger partial charge in [0, 0.05) is 38.7 Å². The minimum absolute atomic E-state index is 0.191. The summed E-state index contributed by atoms with van der Waals surface area (Å²) < 4.78 is 31.7. The van der Waals surface area contributed by atoms with Crippen LogP contribution in [0.15, 0.2) is 58.3 Å². The first-order valence-electron chi connectivity index (χ1n) is 10.4. The molecule has 1 fully saturated rings. The first kappa shape index (κ1) is 22.0. The molecule has 1 aliphatic rings. The number of hydrogen-bond donors (Lipinski definition) is 1. The maximum Gasteiger partial charge on any atom is 0.206 e. The molecule has 2 aromatic carbocycles. The van der Waals surface area contributed by atoms with Crippen LogP contribution in [0.2, 0.25) is 0 Å². The number of benzene rings is 2. The fourth-order valence-corrected chi connectivity index (χ4v) is 5.36. The van der Waals surface area contributed by atoms with Gasteiger partial charge in [-0.3, -0.25) is 4.90 Å². The third kappa shape index (κ3) is 4.89. The van der Waals surface area contributed by atoms with Crippen LogP contribution in [0.25, 0.3) is 0 Å². The van der Waals surface area contributed by atoms with Gasteiger partial charge in [-0.05, 0) is 48.4 Å². The van der Waals surface area contributed by atoms with Crippen LogP contribution in [-0.4, -0.2) is 53.2 Å². The molecule has 0 saturated carbocycles. The zero-order valence-corrected chi connectivity index (χ0v) is 18.4. The lowest BCUT2D eigenvalue weighted by Crippen LogP contribution is -2.45. The van der Waals surface area contributed by atoms with Crippen LogP contribution in [0, 0.1) is 0 Å². The van der Waals surface area contributed by atoms with E-state index < -0.39 is 9.84 Å². The molecule has 1 aliphatic heterocycles. The van der Waals surface area contributed by atoms with Gasteiger partial charge in [0.15, 0.2) is 0 Å². The molecular formula is C23H32N2O3S. The third-order valence-electron chi connectivity index (χ3n) is 5.84. The van der Waals surface area contributed by atoms with Gasteiger partial charge in [-0.1, -0.05) is 38.1 Å². The lowest BCUT2D eigenvalue weighted by Gasteiger charge is -2.35. The van der Waals surface area contributed by atoms with Gasteiger partial charge < -0.3 is 10.1 Å². The smallest absolute Gasteiger partial charge is 0.206 e. The Morgan fingerprint density at radius 2 is 1.90 bits per heavy atom. The van der Waals surface area contributed by atoms with Gasteiger partial charge in [-0.15, -0.1) is 0 Å². The van der Waals surface area contributed by atoms with Gasteiger partial charge in [-0.2, -0.15) is 0 Å². The van der Waals surface area contributed by atoms with Gasteiger partial charge >= 0.3 is 0 Å². The monoisotopic (exact) mass is 416 g/mol. The number of hydrogen-bond acceptors (Lipinski definition) is 5. The van der Waals surface area contributed by atoms with Crippen molar-refractivity contribution < 1.29 is 13.2 Å². The molecule has 29 heavy (non-hydrogen) atoms. The van der Waals surface area contributed by atoms with Crippen molar-refractivity contribution in [3.05, 3.63) is 59.7 Å². The Labute approximate surface area is 175 Å². The first-order valence-corrected chi connectivity index (χ1v) is 11.9. The molecule has 5 nitrogen and oxygen atoms in total. The zero-order valence-electron chi connectivity index (χ0n) is 17.6. The van der Waals surface area contributed by atoms with E-state index in [0.717, 1.165) is 43.7 Å². The quantitative estimate of drug-likeness (QED) is 0.712. The van der Waals surface area contributed by atoms with Gasteiger partial charge in [0.2, 0.25) is 9.84 Å². The maximum atomic E-state index is 13.2. The number of rotatable bonds is 8. The van der Waals surface area contributed by atoms with E-state index in [1.165, 1.54) is 0 Å². The van der Waals surface area contributed by atoms with Crippen LogP contribution in [0.1, 0.15) is 43.4 Å². The molecule has 6 heteroatoms. The number of nitrogens with one attached hydrogen (secondary N) is 1. The molecule has 1 saturated heterocycles. The summed E-state index contributed by atoms with van der Waals surface area (Å²) in [4.78, 5) is 3.10. The summed E-state index contributed by atoms with van der Waals surface area (Å²) in [5, 5.41) is 3.43. The first-order chi connectivity index (χ1) is 14.0.